The Kier molecular flexibility index (Phi) is 4.96. The lowest BCUT2D eigenvalue weighted by molar-refractivity contribution is 0.0286. The first kappa shape index (κ1) is 16.6. The summed E-state index contributed by atoms with van der Waals surface area (Å²) in [6.07, 6.45) is 0.612. The van der Waals surface area contributed by atoms with Crippen LogP contribution in [0.3, 0.4) is 0 Å². The van der Waals surface area contributed by atoms with Gasteiger partial charge in [-0.15, -0.1) is 0 Å². The number of para-hydroxylation sites is 1. The number of methoxy groups -OCH3 is 1. The molecule has 0 radical (unpaired) electrons. The van der Waals surface area contributed by atoms with Crippen molar-refractivity contribution in [2.75, 3.05) is 20.2 Å². The molecule has 0 aromatic heterocycles. The summed E-state index contributed by atoms with van der Waals surface area (Å²) >= 11 is 0. The quantitative estimate of drug-likeness (QED) is 0.932. The molecule has 1 aliphatic heterocycles. The van der Waals surface area contributed by atoms with Gasteiger partial charge in [0, 0.05) is 24.7 Å². The molecule has 5 heteroatoms. The van der Waals surface area contributed by atoms with E-state index in [2.05, 4.69) is 0 Å². The third-order valence-corrected chi connectivity index (χ3v) is 3.88. The second kappa shape index (κ2) is 6.57. The lowest BCUT2D eigenvalue weighted by Crippen LogP contribution is -2.36. The number of nitrogens with zero attached hydrogens (tertiary/aromatic N) is 1. The predicted molar refractivity (Wildman–Crippen MR) is 85.8 cm³/mol. The third-order valence-electron chi connectivity index (χ3n) is 3.88. The summed E-state index contributed by atoms with van der Waals surface area (Å²) in [5.41, 5.74) is 6.92. The number of hydrogen-bond acceptors (Lipinski definition) is 4. The summed E-state index contributed by atoms with van der Waals surface area (Å²) in [6, 6.07) is 7.63. The van der Waals surface area contributed by atoms with E-state index < -0.39 is 5.60 Å². The minimum absolute atomic E-state index is 0.149. The number of benzene rings is 1. The van der Waals surface area contributed by atoms with E-state index in [1.165, 1.54) is 0 Å². The van der Waals surface area contributed by atoms with Crippen LogP contribution >= 0.6 is 0 Å². The molecule has 1 aromatic carbocycles. The van der Waals surface area contributed by atoms with Crippen molar-refractivity contribution in [3.8, 4) is 5.75 Å². The average molecular weight is 306 g/mol. The first-order valence-electron chi connectivity index (χ1n) is 7.68. The van der Waals surface area contributed by atoms with Crippen LogP contribution in [0.15, 0.2) is 24.3 Å². The zero-order valence-electron chi connectivity index (χ0n) is 13.8. The van der Waals surface area contributed by atoms with E-state index in [0.717, 1.165) is 17.7 Å². The fourth-order valence-corrected chi connectivity index (χ4v) is 2.77. The Hall–Kier alpha value is -1.75. The van der Waals surface area contributed by atoms with Crippen LogP contribution in [0.2, 0.25) is 0 Å². The van der Waals surface area contributed by atoms with E-state index in [-0.39, 0.29) is 18.1 Å². The van der Waals surface area contributed by atoms with Gasteiger partial charge in [0.15, 0.2) is 0 Å². The molecule has 0 bridgehead atoms. The van der Waals surface area contributed by atoms with Crippen molar-refractivity contribution < 1.29 is 14.3 Å². The van der Waals surface area contributed by atoms with E-state index in [1.54, 1.807) is 12.0 Å². The fraction of sp³-hybridized carbons (Fsp3) is 0.588. The summed E-state index contributed by atoms with van der Waals surface area (Å²) in [5.74, 6) is 1.01. The summed E-state index contributed by atoms with van der Waals surface area (Å²) in [7, 11) is 1.65. The molecule has 1 saturated heterocycles. The highest BCUT2D eigenvalue weighted by Crippen LogP contribution is 2.33. The number of carbonyl (C=O) groups excluding carboxylic acids is 1. The molecule has 1 aromatic rings. The molecule has 0 saturated carbocycles. The number of nitrogens with two attached hydrogens (primary N) is 1. The summed E-state index contributed by atoms with van der Waals surface area (Å²) in [6.45, 7) is 6.92. The zero-order chi connectivity index (χ0) is 16.3. The molecule has 1 fully saturated rings. The largest absolute Gasteiger partial charge is 0.496 e. The fourth-order valence-electron chi connectivity index (χ4n) is 2.77. The number of ether oxygens (including phenoxy) is 2. The van der Waals surface area contributed by atoms with E-state index in [1.807, 2.05) is 45.0 Å². The Balaban J connectivity index is 2.02. The minimum atomic E-state index is -0.472. The second-order valence-corrected chi connectivity index (χ2v) is 6.74. The van der Waals surface area contributed by atoms with Gasteiger partial charge in [0.05, 0.1) is 7.11 Å². The van der Waals surface area contributed by atoms with Crippen molar-refractivity contribution in [3.05, 3.63) is 29.8 Å². The number of rotatable bonds is 3. The van der Waals surface area contributed by atoms with E-state index in [4.69, 9.17) is 15.2 Å². The average Bonchev–Trinajstić information content (AvgIpc) is 2.94. The molecule has 5 nitrogen and oxygen atoms in total. The van der Waals surface area contributed by atoms with Crippen molar-refractivity contribution in [1.82, 2.24) is 4.90 Å². The van der Waals surface area contributed by atoms with E-state index >= 15 is 0 Å². The van der Waals surface area contributed by atoms with Gasteiger partial charge in [-0.2, -0.15) is 0 Å². The molecule has 1 heterocycles. The van der Waals surface area contributed by atoms with Crippen LogP contribution in [0.1, 0.15) is 38.8 Å². The number of hydrogen-bond donors (Lipinski definition) is 1. The van der Waals surface area contributed by atoms with E-state index in [0.29, 0.717) is 13.1 Å². The monoisotopic (exact) mass is 306 g/mol. The SMILES string of the molecule is COc1ccccc1C(N)C1CCN(C(=O)OC(C)(C)C)C1. The maximum Gasteiger partial charge on any atom is 0.410 e. The molecule has 1 aliphatic rings. The topological polar surface area (TPSA) is 64.8 Å². The predicted octanol–water partition coefficient (Wildman–Crippen LogP) is 2.95. The maximum absolute atomic E-state index is 12.1. The molecule has 2 atom stereocenters. The first-order chi connectivity index (χ1) is 10.3. The summed E-state index contributed by atoms with van der Waals surface area (Å²) < 4.78 is 10.8. The van der Waals surface area contributed by atoms with Gasteiger partial charge in [0.25, 0.3) is 0 Å². The Bertz CT molecular complexity index is 525. The zero-order valence-corrected chi connectivity index (χ0v) is 13.8. The normalized spacial score (nSPS) is 19.9. The summed E-state index contributed by atoms with van der Waals surface area (Å²) in [4.78, 5) is 13.9. The second-order valence-electron chi connectivity index (χ2n) is 6.74. The molecule has 2 rings (SSSR count). The minimum Gasteiger partial charge on any atom is -0.496 e. The molecule has 0 spiro atoms. The Morgan fingerprint density at radius 2 is 2.05 bits per heavy atom. The highest BCUT2D eigenvalue weighted by Gasteiger charge is 2.33. The molecular weight excluding hydrogens is 280 g/mol. The lowest BCUT2D eigenvalue weighted by Gasteiger charge is -2.25. The molecule has 1 amide bonds. The molecule has 22 heavy (non-hydrogen) atoms. The van der Waals surface area contributed by atoms with Gasteiger partial charge in [-0.3, -0.25) is 0 Å². The molecule has 0 aliphatic carbocycles. The number of likely N-dealkylation sites (tertiary alicyclic amines) is 1. The number of amides is 1. The molecule has 122 valence electrons. The van der Waals surface area contributed by atoms with Gasteiger partial charge >= 0.3 is 6.09 Å². The van der Waals surface area contributed by atoms with Crippen molar-refractivity contribution >= 4 is 6.09 Å². The van der Waals surface area contributed by atoms with Crippen LogP contribution in [0.5, 0.6) is 5.75 Å². The Morgan fingerprint density at radius 1 is 1.36 bits per heavy atom. The van der Waals surface area contributed by atoms with Crippen molar-refractivity contribution in [3.63, 3.8) is 0 Å². The van der Waals surface area contributed by atoms with Gasteiger partial charge in [-0.25, -0.2) is 4.79 Å². The van der Waals surface area contributed by atoms with Gasteiger partial charge in [-0.1, -0.05) is 18.2 Å². The Morgan fingerprint density at radius 3 is 2.68 bits per heavy atom. The van der Waals surface area contributed by atoms with Crippen LogP contribution in [0.25, 0.3) is 0 Å². The summed E-state index contributed by atoms with van der Waals surface area (Å²) in [5, 5.41) is 0. The highest BCUT2D eigenvalue weighted by molar-refractivity contribution is 5.68. The molecule has 2 unspecified atom stereocenters. The standard InChI is InChI=1S/C17H26N2O3/c1-17(2,3)22-16(20)19-10-9-12(11-19)15(18)13-7-5-6-8-14(13)21-4/h5-8,12,15H,9-11,18H2,1-4H3. The van der Waals surface area contributed by atoms with Gasteiger partial charge in [-0.05, 0) is 39.2 Å². The lowest BCUT2D eigenvalue weighted by atomic mass is 9.92. The Labute approximate surface area is 132 Å². The van der Waals surface area contributed by atoms with Crippen LogP contribution in [0, 0.1) is 5.92 Å². The van der Waals surface area contributed by atoms with E-state index in [9.17, 15) is 4.79 Å². The molecular formula is C17H26N2O3. The van der Waals surface area contributed by atoms with Crippen LogP contribution in [-0.2, 0) is 4.74 Å². The van der Waals surface area contributed by atoms with Gasteiger partial charge in [0.2, 0.25) is 0 Å². The van der Waals surface area contributed by atoms with Crippen molar-refractivity contribution in [1.29, 1.82) is 0 Å². The third kappa shape index (κ3) is 3.91. The van der Waals surface area contributed by atoms with Crippen LogP contribution < -0.4 is 10.5 Å². The highest BCUT2D eigenvalue weighted by atomic mass is 16.6. The molecule has 2 N–H and O–H groups in total. The van der Waals surface area contributed by atoms with Gasteiger partial charge in [0.1, 0.15) is 11.4 Å². The van der Waals surface area contributed by atoms with Crippen LogP contribution in [-0.4, -0.2) is 36.8 Å². The van der Waals surface area contributed by atoms with Crippen LogP contribution in [0.4, 0.5) is 4.79 Å². The first-order valence-corrected chi connectivity index (χ1v) is 7.68. The number of carbonyl (C=O) groups is 1. The van der Waals surface area contributed by atoms with Crippen molar-refractivity contribution in [2.45, 2.75) is 38.8 Å². The van der Waals surface area contributed by atoms with Crippen molar-refractivity contribution in [2.24, 2.45) is 11.7 Å². The maximum atomic E-state index is 12.1. The smallest absolute Gasteiger partial charge is 0.410 e. The van der Waals surface area contributed by atoms with Gasteiger partial charge < -0.3 is 20.1 Å².